The first-order chi connectivity index (χ1) is 6.06. The molecule has 0 bridgehead atoms. The van der Waals surface area contributed by atoms with Gasteiger partial charge in [0.15, 0.2) is 0 Å². The molecule has 0 aliphatic heterocycles. The Balaban J connectivity index is 3.38. The highest BCUT2D eigenvalue weighted by atomic mass is 79.9. The third-order valence-electron chi connectivity index (χ3n) is 1.49. The van der Waals surface area contributed by atoms with Gasteiger partial charge in [-0.05, 0) is 6.07 Å². The number of hydrogen-bond acceptors (Lipinski definition) is 3. The molecule has 0 spiro atoms. The second kappa shape index (κ2) is 3.80. The van der Waals surface area contributed by atoms with Gasteiger partial charge in [-0.3, -0.25) is 10.1 Å². The van der Waals surface area contributed by atoms with Crippen LogP contribution < -0.4 is 0 Å². The van der Waals surface area contributed by atoms with Crippen molar-refractivity contribution in [2.75, 3.05) is 0 Å². The summed E-state index contributed by atoms with van der Waals surface area (Å²) in [6.45, 7) is -0.503. The minimum Gasteiger partial charge on any atom is -0.391 e. The van der Waals surface area contributed by atoms with Crippen molar-refractivity contribution in [2.24, 2.45) is 0 Å². The summed E-state index contributed by atoms with van der Waals surface area (Å²) in [4.78, 5) is 9.66. The van der Waals surface area contributed by atoms with Gasteiger partial charge in [-0.15, -0.1) is 0 Å². The predicted octanol–water partition coefficient (Wildman–Crippen LogP) is 1.99. The fourth-order valence-electron chi connectivity index (χ4n) is 0.909. The largest absolute Gasteiger partial charge is 0.391 e. The van der Waals surface area contributed by atoms with Crippen molar-refractivity contribution in [1.29, 1.82) is 0 Å². The molecule has 0 amide bonds. The Morgan fingerprint density at radius 1 is 1.62 bits per heavy atom. The maximum absolute atomic E-state index is 12.7. The standard InChI is InChI=1S/C7H5BrFNO3/c8-6-1-4(9)2-7(10(12)13)5(6)3-11/h1-2,11H,3H2. The van der Waals surface area contributed by atoms with Crippen LogP contribution >= 0.6 is 15.9 Å². The quantitative estimate of drug-likeness (QED) is 0.644. The second-order valence-corrected chi connectivity index (χ2v) is 3.15. The summed E-state index contributed by atoms with van der Waals surface area (Å²) in [5.74, 6) is -0.712. The van der Waals surface area contributed by atoms with Gasteiger partial charge in [0.25, 0.3) is 5.69 Å². The number of aliphatic hydroxyl groups excluding tert-OH is 1. The van der Waals surface area contributed by atoms with Crippen molar-refractivity contribution in [3.05, 3.63) is 38.1 Å². The lowest BCUT2D eigenvalue weighted by Crippen LogP contribution is -1.97. The summed E-state index contributed by atoms with van der Waals surface area (Å²) in [6.07, 6.45) is 0. The second-order valence-electron chi connectivity index (χ2n) is 2.30. The van der Waals surface area contributed by atoms with E-state index in [1.165, 1.54) is 0 Å². The van der Waals surface area contributed by atoms with E-state index in [9.17, 15) is 14.5 Å². The Labute approximate surface area is 81.3 Å². The maximum atomic E-state index is 12.7. The van der Waals surface area contributed by atoms with Crippen LogP contribution in [0.2, 0.25) is 0 Å². The molecule has 0 aliphatic rings. The van der Waals surface area contributed by atoms with Crippen molar-refractivity contribution in [3.8, 4) is 0 Å². The lowest BCUT2D eigenvalue weighted by atomic mass is 10.2. The molecule has 1 aromatic rings. The summed E-state index contributed by atoms with van der Waals surface area (Å²) in [6, 6.07) is 1.84. The molecular weight excluding hydrogens is 245 g/mol. The molecule has 0 saturated carbocycles. The maximum Gasteiger partial charge on any atom is 0.278 e. The molecule has 6 heteroatoms. The van der Waals surface area contributed by atoms with Crippen LogP contribution in [-0.2, 0) is 6.61 Å². The van der Waals surface area contributed by atoms with Crippen LogP contribution in [-0.4, -0.2) is 10.0 Å². The molecule has 13 heavy (non-hydrogen) atoms. The zero-order valence-electron chi connectivity index (χ0n) is 6.33. The molecule has 0 heterocycles. The average Bonchev–Trinajstić information content (AvgIpc) is 2.02. The van der Waals surface area contributed by atoms with Crippen LogP contribution in [0.1, 0.15) is 5.56 Å². The van der Waals surface area contributed by atoms with Gasteiger partial charge in [0.2, 0.25) is 0 Å². The zero-order chi connectivity index (χ0) is 10.0. The summed E-state index contributed by atoms with van der Waals surface area (Å²) in [5, 5.41) is 19.2. The molecule has 0 radical (unpaired) electrons. The monoisotopic (exact) mass is 249 g/mol. The van der Waals surface area contributed by atoms with E-state index in [0.29, 0.717) is 0 Å². The molecule has 1 N–H and O–H groups in total. The molecule has 0 aliphatic carbocycles. The summed E-state index contributed by atoms with van der Waals surface area (Å²) < 4.78 is 12.9. The van der Waals surface area contributed by atoms with Crippen molar-refractivity contribution < 1.29 is 14.4 Å². The van der Waals surface area contributed by atoms with Crippen LogP contribution in [0, 0.1) is 15.9 Å². The fraction of sp³-hybridized carbons (Fsp3) is 0.143. The van der Waals surface area contributed by atoms with Crippen molar-refractivity contribution >= 4 is 21.6 Å². The number of nitro benzene ring substituents is 1. The fourth-order valence-corrected chi connectivity index (χ4v) is 1.46. The Morgan fingerprint density at radius 3 is 2.69 bits per heavy atom. The van der Waals surface area contributed by atoms with Crippen LogP contribution in [0.3, 0.4) is 0 Å². The van der Waals surface area contributed by atoms with Gasteiger partial charge >= 0.3 is 0 Å². The van der Waals surface area contributed by atoms with Crippen LogP contribution in [0.25, 0.3) is 0 Å². The number of nitrogens with zero attached hydrogens (tertiary/aromatic N) is 1. The molecule has 4 nitrogen and oxygen atoms in total. The van der Waals surface area contributed by atoms with E-state index in [1.807, 2.05) is 0 Å². The highest BCUT2D eigenvalue weighted by Crippen LogP contribution is 2.27. The average molecular weight is 250 g/mol. The molecular formula is C7H5BrFNO3. The smallest absolute Gasteiger partial charge is 0.278 e. The van der Waals surface area contributed by atoms with E-state index in [1.54, 1.807) is 0 Å². The molecule has 0 saturated heterocycles. The van der Waals surface area contributed by atoms with Gasteiger partial charge in [-0.1, -0.05) is 15.9 Å². The topological polar surface area (TPSA) is 63.4 Å². The van der Waals surface area contributed by atoms with E-state index < -0.39 is 23.0 Å². The van der Waals surface area contributed by atoms with E-state index in [0.717, 1.165) is 12.1 Å². The number of aliphatic hydroxyl groups is 1. The lowest BCUT2D eigenvalue weighted by Gasteiger charge is -2.01. The van der Waals surface area contributed by atoms with Gasteiger partial charge in [0.05, 0.1) is 23.2 Å². The Bertz CT molecular complexity index is 356. The summed E-state index contributed by atoms with van der Waals surface area (Å²) in [5.41, 5.74) is -0.347. The molecule has 0 unspecified atom stereocenters. The highest BCUT2D eigenvalue weighted by Gasteiger charge is 2.17. The predicted molar refractivity (Wildman–Crippen MR) is 46.7 cm³/mol. The van der Waals surface area contributed by atoms with Gasteiger partial charge < -0.3 is 5.11 Å². The number of rotatable bonds is 2. The normalized spacial score (nSPS) is 10.1. The van der Waals surface area contributed by atoms with Gasteiger partial charge in [-0.2, -0.15) is 0 Å². The van der Waals surface area contributed by atoms with Gasteiger partial charge in [0.1, 0.15) is 5.82 Å². The molecule has 1 rings (SSSR count). The Morgan fingerprint density at radius 2 is 2.23 bits per heavy atom. The van der Waals surface area contributed by atoms with Crippen LogP contribution in [0.4, 0.5) is 10.1 Å². The SMILES string of the molecule is O=[N+]([O-])c1cc(F)cc(Br)c1CO. The van der Waals surface area contributed by atoms with E-state index >= 15 is 0 Å². The Kier molecular flexibility index (Phi) is 2.94. The van der Waals surface area contributed by atoms with Gasteiger partial charge in [-0.25, -0.2) is 4.39 Å². The van der Waals surface area contributed by atoms with Crippen LogP contribution in [0.15, 0.2) is 16.6 Å². The lowest BCUT2D eigenvalue weighted by molar-refractivity contribution is -0.386. The Hall–Kier alpha value is -1.01. The number of halogens is 2. The molecule has 70 valence electrons. The summed E-state index contributed by atoms with van der Waals surface area (Å²) in [7, 11) is 0. The van der Waals surface area contributed by atoms with Crippen molar-refractivity contribution in [2.45, 2.75) is 6.61 Å². The van der Waals surface area contributed by atoms with Crippen LogP contribution in [0.5, 0.6) is 0 Å². The highest BCUT2D eigenvalue weighted by molar-refractivity contribution is 9.10. The minimum absolute atomic E-state index is 0.0754. The van der Waals surface area contributed by atoms with Crippen molar-refractivity contribution in [1.82, 2.24) is 0 Å². The number of nitro groups is 1. The van der Waals surface area contributed by atoms with Gasteiger partial charge in [0, 0.05) is 4.47 Å². The molecule has 0 fully saturated rings. The first kappa shape index (κ1) is 10.1. The molecule has 1 aromatic carbocycles. The van der Waals surface area contributed by atoms with E-state index in [2.05, 4.69) is 15.9 Å². The van der Waals surface area contributed by atoms with Crippen molar-refractivity contribution in [3.63, 3.8) is 0 Å². The van der Waals surface area contributed by atoms with E-state index in [-0.39, 0.29) is 10.0 Å². The number of hydrogen-bond donors (Lipinski definition) is 1. The van der Waals surface area contributed by atoms with E-state index in [4.69, 9.17) is 5.11 Å². The minimum atomic E-state index is -0.737. The first-order valence-electron chi connectivity index (χ1n) is 3.29. The first-order valence-corrected chi connectivity index (χ1v) is 4.08. The third-order valence-corrected chi connectivity index (χ3v) is 2.20. The molecule has 0 aromatic heterocycles. The molecule has 0 atom stereocenters. The number of benzene rings is 1. The summed E-state index contributed by atoms with van der Waals surface area (Å²) >= 11 is 2.92. The third kappa shape index (κ3) is 2.02. The zero-order valence-corrected chi connectivity index (χ0v) is 7.91.